The van der Waals surface area contributed by atoms with Crippen molar-refractivity contribution in [1.82, 2.24) is 4.90 Å². The summed E-state index contributed by atoms with van der Waals surface area (Å²) >= 11 is 0. The van der Waals surface area contributed by atoms with Crippen molar-refractivity contribution in [3.63, 3.8) is 0 Å². The molecule has 2 aromatic carbocycles. The maximum atomic E-state index is 13.9. The molecule has 0 bridgehead atoms. The van der Waals surface area contributed by atoms with Gasteiger partial charge in [-0.2, -0.15) is 0 Å². The number of amides is 2. The highest BCUT2D eigenvalue weighted by Crippen LogP contribution is 2.30. The maximum absolute atomic E-state index is 13.9. The monoisotopic (exact) mass is 437 g/mol. The van der Waals surface area contributed by atoms with Gasteiger partial charge in [0.15, 0.2) is 0 Å². The Morgan fingerprint density at radius 1 is 0.969 bits per heavy atom. The summed E-state index contributed by atoms with van der Waals surface area (Å²) in [6, 6.07) is 16.0. The number of carbonyl (C=O) groups excluding carboxylic acids is 2. The van der Waals surface area contributed by atoms with Gasteiger partial charge in [-0.1, -0.05) is 58.0 Å². The Kier molecular flexibility index (Phi) is 9.30. The minimum Gasteiger partial charge on any atom is -0.377 e. The molecule has 0 aliphatic rings. The van der Waals surface area contributed by atoms with Crippen molar-refractivity contribution < 1.29 is 9.59 Å². The van der Waals surface area contributed by atoms with Gasteiger partial charge in [0, 0.05) is 44.5 Å². The Morgan fingerprint density at radius 2 is 1.62 bits per heavy atom. The van der Waals surface area contributed by atoms with E-state index >= 15 is 0 Å². The van der Waals surface area contributed by atoms with Crippen LogP contribution in [0.3, 0.4) is 0 Å². The molecule has 0 unspecified atom stereocenters. The standard InChI is InChI=1S/C27H39N3O2/c1-8-24(21-13-11-10-12-14-21)27(32)30(20(5)19(3)4)18-22-17-23(28-26(31)9-2)15-16-25(22)29(6)7/h10-17,19-20,24H,8-9,18H2,1-7H3,(H,28,31)/t20-,24+/m0/s1. The zero-order chi connectivity index (χ0) is 23.8. The summed E-state index contributed by atoms with van der Waals surface area (Å²) in [5, 5.41) is 2.95. The van der Waals surface area contributed by atoms with Crippen molar-refractivity contribution in [2.75, 3.05) is 24.3 Å². The highest BCUT2D eigenvalue weighted by Gasteiger charge is 2.30. The predicted molar refractivity (Wildman–Crippen MR) is 134 cm³/mol. The molecule has 5 heteroatoms. The lowest BCUT2D eigenvalue weighted by Crippen LogP contribution is -2.43. The van der Waals surface area contributed by atoms with Gasteiger partial charge in [-0.25, -0.2) is 0 Å². The van der Waals surface area contributed by atoms with Crippen LogP contribution >= 0.6 is 0 Å². The summed E-state index contributed by atoms with van der Waals surface area (Å²) in [7, 11) is 4.00. The maximum Gasteiger partial charge on any atom is 0.230 e. The number of benzene rings is 2. The second kappa shape index (κ2) is 11.7. The highest BCUT2D eigenvalue weighted by atomic mass is 16.2. The van der Waals surface area contributed by atoms with E-state index in [1.807, 2.05) is 74.4 Å². The van der Waals surface area contributed by atoms with E-state index in [0.717, 1.165) is 28.9 Å². The van der Waals surface area contributed by atoms with Gasteiger partial charge in [-0.3, -0.25) is 9.59 Å². The Hall–Kier alpha value is -2.82. The first-order chi connectivity index (χ1) is 15.2. The smallest absolute Gasteiger partial charge is 0.230 e. The van der Waals surface area contributed by atoms with Crippen LogP contribution in [0.5, 0.6) is 0 Å². The average Bonchev–Trinajstić information content (AvgIpc) is 2.77. The van der Waals surface area contributed by atoms with Gasteiger partial charge in [0.2, 0.25) is 11.8 Å². The van der Waals surface area contributed by atoms with E-state index in [2.05, 4.69) is 37.9 Å². The van der Waals surface area contributed by atoms with E-state index in [-0.39, 0.29) is 23.8 Å². The van der Waals surface area contributed by atoms with Crippen LogP contribution in [0, 0.1) is 5.92 Å². The number of hydrogen-bond acceptors (Lipinski definition) is 3. The summed E-state index contributed by atoms with van der Waals surface area (Å²) < 4.78 is 0. The number of nitrogens with zero attached hydrogens (tertiary/aromatic N) is 2. The summed E-state index contributed by atoms with van der Waals surface area (Å²) in [5.74, 6) is 0.265. The Morgan fingerprint density at radius 3 is 2.16 bits per heavy atom. The van der Waals surface area contributed by atoms with Crippen LogP contribution in [0.15, 0.2) is 48.5 Å². The lowest BCUT2D eigenvalue weighted by Gasteiger charge is -2.36. The second-order valence-electron chi connectivity index (χ2n) is 8.96. The SMILES string of the molecule is CCC(=O)Nc1ccc(N(C)C)c(CN(C(=O)[C@H](CC)c2ccccc2)[C@@H](C)C(C)C)c1. The fourth-order valence-corrected chi connectivity index (χ4v) is 3.88. The third-order valence-corrected chi connectivity index (χ3v) is 6.15. The van der Waals surface area contributed by atoms with Crippen molar-refractivity contribution >= 4 is 23.2 Å². The normalized spacial score (nSPS) is 12.9. The first-order valence-corrected chi connectivity index (χ1v) is 11.6. The van der Waals surface area contributed by atoms with Crippen LogP contribution in [0.1, 0.15) is 64.5 Å². The summed E-state index contributed by atoms with van der Waals surface area (Å²) in [5.41, 5.74) is 3.88. The van der Waals surface area contributed by atoms with Crippen molar-refractivity contribution in [3.05, 3.63) is 59.7 Å². The van der Waals surface area contributed by atoms with Crippen LogP contribution in [0.4, 0.5) is 11.4 Å². The molecule has 1 N–H and O–H groups in total. The third kappa shape index (κ3) is 6.35. The fraction of sp³-hybridized carbons (Fsp3) is 0.481. The molecule has 0 heterocycles. The summed E-state index contributed by atoms with van der Waals surface area (Å²) in [4.78, 5) is 29.9. The van der Waals surface area contributed by atoms with E-state index in [4.69, 9.17) is 0 Å². The molecular weight excluding hydrogens is 398 g/mol. The molecule has 2 rings (SSSR count). The zero-order valence-corrected chi connectivity index (χ0v) is 20.7. The number of carbonyl (C=O) groups is 2. The number of anilines is 2. The van der Waals surface area contributed by atoms with E-state index in [0.29, 0.717) is 18.9 Å². The first-order valence-electron chi connectivity index (χ1n) is 11.6. The van der Waals surface area contributed by atoms with Crippen LogP contribution in [-0.2, 0) is 16.1 Å². The largest absolute Gasteiger partial charge is 0.377 e. The number of nitrogens with one attached hydrogen (secondary N) is 1. The van der Waals surface area contributed by atoms with Crippen LogP contribution in [0.2, 0.25) is 0 Å². The highest BCUT2D eigenvalue weighted by molar-refractivity contribution is 5.91. The predicted octanol–water partition coefficient (Wildman–Crippen LogP) is 5.67. The molecule has 2 atom stereocenters. The van der Waals surface area contributed by atoms with Crippen molar-refractivity contribution in [2.45, 2.75) is 66.0 Å². The minimum atomic E-state index is -0.178. The molecule has 0 fully saturated rings. The van der Waals surface area contributed by atoms with Crippen molar-refractivity contribution in [3.8, 4) is 0 Å². The zero-order valence-electron chi connectivity index (χ0n) is 20.7. The van der Waals surface area contributed by atoms with E-state index in [9.17, 15) is 9.59 Å². The van der Waals surface area contributed by atoms with E-state index in [1.54, 1.807) is 0 Å². The van der Waals surface area contributed by atoms with Gasteiger partial charge in [0.05, 0.1) is 5.92 Å². The molecule has 0 saturated carbocycles. The van der Waals surface area contributed by atoms with Crippen LogP contribution in [-0.4, -0.2) is 36.9 Å². The lowest BCUT2D eigenvalue weighted by atomic mass is 9.92. The fourth-order valence-electron chi connectivity index (χ4n) is 3.88. The topological polar surface area (TPSA) is 52.7 Å². The van der Waals surface area contributed by atoms with E-state index < -0.39 is 0 Å². The molecule has 0 saturated heterocycles. The molecular formula is C27H39N3O2. The molecule has 174 valence electrons. The minimum absolute atomic E-state index is 0.0211. The molecule has 0 aliphatic carbocycles. The van der Waals surface area contributed by atoms with Gasteiger partial charge >= 0.3 is 0 Å². The van der Waals surface area contributed by atoms with Gasteiger partial charge in [-0.05, 0) is 48.6 Å². The molecule has 0 aromatic heterocycles. The lowest BCUT2D eigenvalue weighted by molar-refractivity contribution is -0.136. The van der Waals surface area contributed by atoms with Gasteiger partial charge < -0.3 is 15.1 Å². The van der Waals surface area contributed by atoms with Crippen molar-refractivity contribution in [2.24, 2.45) is 5.92 Å². The molecule has 0 radical (unpaired) electrons. The van der Waals surface area contributed by atoms with Gasteiger partial charge in [-0.15, -0.1) is 0 Å². The third-order valence-electron chi connectivity index (χ3n) is 6.15. The number of hydrogen-bond donors (Lipinski definition) is 1. The molecule has 5 nitrogen and oxygen atoms in total. The second-order valence-corrected chi connectivity index (χ2v) is 8.96. The van der Waals surface area contributed by atoms with Crippen molar-refractivity contribution in [1.29, 1.82) is 0 Å². The van der Waals surface area contributed by atoms with Crippen LogP contribution in [0.25, 0.3) is 0 Å². The molecule has 0 spiro atoms. The van der Waals surface area contributed by atoms with E-state index in [1.165, 1.54) is 0 Å². The Labute approximate surface area is 193 Å². The number of rotatable bonds is 10. The molecule has 32 heavy (non-hydrogen) atoms. The molecule has 0 aliphatic heterocycles. The Bertz CT molecular complexity index is 893. The molecule has 2 aromatic rings. The first kappa shape index (κ1) is 25.4. The van der Waals surface area contributed by atoms with Gasteiger partial charge in [0.1, 0.15) is 0 Å². The van der Waals surface area contributed by atoms with Gasteiger partial charge in [0.25, 0.3) is 0 Å². The Balaban J connectivity index is 2.46. The summed E-state index contributed by atoms with van der Waals surface area (Å²) in [6.07, 6.45) is 1.17. The summed E-state index contributed by atoms with van der Waals surface area (Å²) in [6.45, 7) is 10.8. The molecule has 2 amide bonds. The quantitative estimate of drug-likeness (QED) is 0.521. The van der Waals surface area contributed by atoms with Crippen LogP contribution < -0.4 is 10.2 Å². The average molecular weight is 438 g/mol.